The molecule has 4 heteroatoms. The molecule has 2 rings (SSSR count). The highest BCUT2D eigenvalue weighted by Gasteiger charge is 2.31. The van der Waals surface area contributed by atoms with Crippen molar-refractivity contribution in [2.45, 2.75) is 39.0 Å². The van der Waals surface area contributed by atoms with Gasteiger partial charge in [-0.3, -0.25) is 0 Å². The number of aryl methyl sites for hydroxylation is 1. The van der Waals surface area contributed by atoms with Gasteiger partial charge in [-0.25, -0.2) is 4.98 Å². The van der Waals surface area contributed by atoms with Crippen LogP contribution in [0.15, 0.2) is 16.7 Å². The Labute approximate surface area is 117 Å². The Balaban J connectivity index is 2.01. The van der Waals surface area contributed by atoms with Crippen LogP contribution >= 0.6 is 15.9 Å². The number of anilines is 1. The highest BCUT2D eigenvalue weighted by atomic mass is 79.9. The molecule has 2 N–H and O–H groups in total. The first-order valence-electron chi connectivity index (χ1n) is 6.62. The Morgan fingerprint density at radius 2 is 2.11 bits per heavy atom. The van der Waals surface area contributed by atoms with Gasteiger partial charge < -0.3 is 10.4 Å². The van der Waals surface area contributed by atoms with Gasteiger partial charge in [-0.15, -0.1) is 0 Å². The van der Waals surface area contributed by atoms with Crippen LogP contribution in [0.4, 0.5) is 5.82 Å². The monoisotopic (exact) mass is 312 g/mol. The van der Waals surface area contributed by atoms with E-state index in [2.05, 4.69) is 32.3 Å². The van der Waals surface area contributed by atoms with Crippen molar-refractivity contribution < 1.29 is 5.11 Å². The Hall–Kier alpha value is -0.610. The summed E-state index contributed by atoms with van der Waals surface area (Å²) in [6.07, 6.45) is 7.81. The minimum atomic E-state index is 0.0550. The lowest BCUT2D eigenvalue weighted by Crippen LogP contribution is -2.35. The number of aliphatic hydroxyl groups excluding tert-OH is 1. The van der Waals surface area contributed by atoms with E-state index in [1.807, 2.05) is 13.1 Å². The van der Waals surface area contributed by atoms with E-state index < -0.39 is 0 Å². The normalized spacial score (nSPS) is 18.6. The summed E-state index contributed by atoms with van der Waals surface area (Å²) in [7, 11) is 0. The number of pyridine rings is 1. The molecule has 1 heterocycles. The maximum Gasteiger partial charge on any atom is 0.128 e. The van der Waals surface area contributed by atoms with E-state index in [4.69, 9.17) is 0 Å². The van der Waals surface area contributed by atoms with Gasteiger partial charge in [0.05, 0.1) is 6.61 Å². The number of halogens is 1. The quantitative estimate of drug-likeness (QED) is 0.894. The number of hydrogen-bond donors (Lipinski definition) is 2. The smallest absolute Gasteiger partial charge is 0.128 e. The molecule has 3 nitrogen and oxygen atoms in total. The van der Waals surface area contributed by atoms with Crippen molar-refractivity contribution in [3.63, 3.8) is 0 Å². The molecule has 0 spiro atoms. The third-order valence-electron chi connectivity index (χ3n) is 3.93. The molecule has 100 valence electrons. The summed E-state index contributed by atoms with van der Waals surface area (Å²) < 4.78 is 1.00. The van der Waals surface area contributed by atoms with Crippen LogP contribution in [0, 0.1) is 12.3 Å². The SMILES string of the molecule is Cc1cc(Br)cnc1NCC1(CO)CCCCC1. The second-order valence-corrected chi connectivity index (χ2v) is 6.31. The molecule has 1 aromatic rings. The first-order valence-corrected chi connectivity index (χ1v) is 7.41. The van der Waals surface area contributed by atoms with Crippen LogP contribution in [0.3, 0.4) is 0 Å². The Kier molecular flexibility index (Phi) is 4.62. The number of aliphatic hydroxyl groups is 1. The molecular formula is C14H21BrN2O. The molecule has 0 saturated heterocycles. The van der Waals surface area contributed by atoms with E-state index in [-0.39, 0.29) is 12.0 Å². The van der Waals surface area contributed by atoms with E-state index in [1.54, 1.807) is 0 Å². The van der Waals surface area contributed by atoms with Crippen molar-refractivity contribution in [3.05, 3.63) is 22.3 Å². The van der Waals surface area contributed by atoms with Gasteiger partial charge in [-0.05, 0) is 47.3 Å². The summed E-state index contributed by atoms with van der Waals surface area (Å²) in [4.78, 5) is 4.39. The van der Waals surface area contributed by atoms with Gasteiger partial charge in [0.25, 0.3) is 0 Å². The Bertz CT molecular complexity index is 403. The minimum absolute atomic E-state index is 0.0550. The van der Waals surface area contributed by atoms with Crippen LogP contribution < -0.4 is 5.32 Å². The summed E-state index contributed by atoms with van der Waals surface area (Å²) in [6, 6.07) is 2.06. The molecule has 0 radical (unpaired) electrons. The predicted octanol–water partition coefficient (Wildman–Crippen LogP) is 3.51. The van der Waals surface area contributed by atoms with Crippen LogP contribution in [0.25, 0.3) is 0 Å². The molecule has 1 aromatic heterocycles. The van der Waals surface area contributed by atoms with Gasteiger partial charge in [-0.2, -0.15) is 0 Å². The largest absolute Gasteiger partial charge is 0.396 e. The zero-order valence-corrected chi connectivity index (χ0v) is 12.5. The zero-order chi connectivity index (χ0) is 13.0. The lowest BCUT2D eigenvalue weighted by Gasteiger charge is -2.36. The van der Waals surface area contributed by atoms with Gasteiger partial charge in [0, 0.05) is 22.6 Å². The molecule has 0 unspecified atom stereocenters. The first kappa shape index (κ1) is 13.8. The van der Waals surface area contributed by atoms with Gasteiger partial charge in [-0.1, -0.05) is 19.3 Å². The van der Waals surface area contributed by atoms with Crippen molar-refractivity contribution in [2.24, 2.45) is 5.41 Å². The van der Waals surface area contributed by atoms with Crippen molar-refractivity contribution in [2.75, 3.05) is 18.5 Å². The molecule has 0 bridgehead atoms. The van der Waals surface area contributed by atoms with Gasteiger partial charge in [0.15, 0.2) is 0 Å². The number of rotatable bonds is 4. The van der Waals surface area contributed by atoms with Crippen LogP contribution in [0.1, 0.15) is 37.7 Å². The van der Waals surface area contributed by atoms with Crippen LogP contribution in [0.5, 0.6) is 0 Å². The fourth-order valence-corrected chi connectivity index (χ4v) is 3.14. The van der Waals surface area contributed by atoms with E-state index in [0.29, 0.717) is 0 Å². The summed E-state index contributed by atoms with van der Waals surface area (Å²) in [5.41, 5.74) is 1.19. The number of aromatic nitrogens is 1. The number of nitrogens with one attached hydrogen (secondary N) is 1. The summed E-state index contributed by atoms with van der Waals surface area (Å²) >= 11 is 3.42. The molecule has 18 heavy (non-hydrogen) atoms. The topological polar surface area (TPSA) is 45.2 Å². The van der Waals surface area contributed by atoms with Gasteiger partial charge in [0.2, 0.25) is 0 Å². The summed E-state index contributed by atoms with van der Waals surface area (Å²) in [5.74, 6) is 0.927. The van der Waals surface area contributed by atoms with E-state index in [9.17, 15) is 5.11 Å². The second-order valence-electron chi connectivity index (χ2n) is 5.39. The highest BCUT2D eigenvalue weighted by Crippen LogP contribution is 2.36. The van der Waals surface area contributed by atoms with E-state index >= 15 is 0 Å². The average Bonchev–Trinajstić information content (AvgIpc) is 2.39. The first-order chi connectivity index (χ1) is 8.65. The molecule has 1 saturated carbocycles. The summed E-state index contributed by atoms with van der Waals surface area (Å²) in [5, 5.41) is 13.1. The molecule has 0 aromatic carbocycles. The number of hydrogen-bond acceptors (Lipinski definition) is 3. The lowest BCUT2D eigenvalue weighted by molar-refractivity contribution is 0.0943. The second kappa shape index (κ2) is 6.02. The maximum absolute atomic E-state index is 9.67. The minimum Gasteiger partial charge on any atom is -0.396 e. The number of nitrogens with zero attached hydrogens (tertiary/aromatic N) is 1. The summed E-state index contributed by atoms with van der Waals surface area (Å²) in [6.45, 7) is 3.14. The van der Waals surface area contributed by atoms with Gasteiger partial charge in [0.1, 0.15) is 5.82 Å². The average molecular weight is 313 g/mol. The molecule has 1 fully saturated rings. The van der Waals surface area contributed by atoms with E-state index in [1.165, 1.54) is 19.3 Å². The lowest BCUT2D eigenvalue weighted by atomic mass is 9.74. The molecule has 0 amide bonds. The van der Waals surface area contributed by atoms with Crippen LogP contribution in [-0.4, -0.2) is 23.2 Å². The molecular weight excluding hydrogens is 292 g/mol. The zero-order valence-electron chi connectivity index (χ0n) is 10.9. The fourth-order valence-electron chi connectivity index (χ4n) is 2.69. The molecule has 1 aliphatic rings. The van der Waals surface area contributed by atoms with Crippen molar-refractivity contribution in [3.8, 4) is 0 Å². The molecule has 0 atom stereocenters. The standard InChI is InChI=1S/C14H21BrN2O/c1-11-7-12(15)8-16-13(11)17-9-14(10-18)5-3-2-4-6-14/h7-8,18H,2-6,9-10H2,1H3,(H,16,17). The maximum atomic E-state index is 9.67. The van der Waals surface area contributed by atoms with Crippen LogP contribution in [0.2, 0.25) is 0 Å². The van der Waals surface area contributed by atoms with E-state index in [0.717, 1.165) is 35.2 Å². The Morgan fingerprint density at radius 1 is 1.39 bits per heavy atom. The van der Waals surface area contributed by atoms with Gasteiger partial charge >= 0.3 is 0 Å². The molecule has 1 aliphatic carbocycles. The predicted molar refractivity (Wildman–Crippen MR) is 77.8 cm³/mol. The van der Waals surface area contributed by atoms with Crippen molar-refractivity contribution in [1.29, 1.82) is 0 Å². The molecule has 0 aliphatic heterocycles. The highest BCUT2D eigenvalue weighted by molar-refractivity contribution is 9.10. The third kappa shape index (κ3) is 3.23. The fraction of sp³-hybridized carbons (Fsp3) is 0.643. The Morgan fingerprint density at radius 3 is 2.72 bits per heavy atom. The van der Waals surface area contributed by atoms with Crippen LogP contribution in [-0.2, 0) is 0 Å². The third-order valence-corrected chi connectivity index (χ3v) is 4.36. The van der Waals surface area contributed by atoms with Crippen molar-refractivity contribution in [1.82, 2.24) is 4.98 Å². The van der Waals surface area contributed by atoms with Crippen molar-refractivity contribution >= 4 is 21.7 Å².